The molecule has 1 saturated carbocycles. The van der Waals surface area contributed by atoms with Crippen molar-refractivity contribution >= 4 is 11.7 Å². The van der Waals surface area contributed by atoms with Gasteiger partial charge in [0, 0.05) is 50.9 Å². The highest BCUT2D eigenvalue weighted by Gasteiger charge is 2.39. The molecule has 29 heavy (non-hydrogen) atoms. The number of carbonyl (C=O) groups excluding carboxylic acids is 1. The molecular formula is C19H26F3N5O2. The summed E-state index contributed by atoms with van der Waals surface area (Å²) in [5.74, 6) is 0.419. The number of carbonyl (C=O) groups is 1. The van der Waals surface area contributed by atoms with E-state index in [1.54, 1.807) is 0 Å². The molecule has 0 radical (unpaired) electrons. The van der Waals surface area contributed by atoms with Gasteiger partial charge in [-0.1, -0.05) is 0 Å². The van der Waals surface area contributed by atoms with Crippen LogP contribution in [0.2, 0.25) is 0 Å². The summed E-state index contributed by atoms with van der Waals surface area (Å²) in [4.78, 5) is 25.6. The largest absolute Gasteiger partial charge is 0.433 e. The predicted octanol–water partition coefficient (Wildman–Crippen LogP) is 1.79. The number of piperidine rings is 1. The molecule has 3 heterocycles. The maximum atomic E-state index is 13.1. The molecule has 2 aliphatic heterocycles. The lowest BCUT2D eigenvalue weighted by Crippen LogP contribution is -2.49. The van der Waals surface area contributed by atoms with Crippen molar-refractivity contribution in [3.63, 3.8) is 0 Å². The molecule has 0 aromatic carbocycles. The van der Waals surface area contributed by atoms with E-state index in [1.807, 2.05) is 4.90 Å². The minimum absolute atomic E-state index is 0.0373. The molecule has 1 aromatic rings. The monoisotopic (exact) mass is 413 g/mol. The van der Waals surface area contributed by atoms with Crippen molar-refractivity contribution < 1.29 is 22.7 Å². The number of nitrogens with zero attached hydrogens (tertiary/aromatic N) is 5. The van der Waals surface area contributed by atoms with Crippen molar-refractivity contribution in [1.82, 2.24) is 19.8 Å². The van der Waals surface area contributed by atoms with Gasteiger partial charge in [0.15, 0.2) is 0 Å². The van der Waals surface area contributed by atoms with Crippen molar-refractivity contribution in [1.29, 1.82) is 0 Å². The Morgan fingerprint density at radius 1 is 1.07 bits per heavy atom. The minimum atomic E-state index is -4.47. The normalized spacial score (nSPS) is 22.2. The number of alkyl halides is 3. The number of rotatable bonds is 6. The number of anilines is 1. The molecule has 0 bridgehead atoms. The number of hydrogen-bond acceptors (Lipinski definition) is 6. The summed E-state index contributed by atoms with van der Waals surface area (Å²) in [6, 6.07) is 1.53. The molecule has 0 unspecified atom stereocenters. The van der Waals surface area contributed by atoms with Crippen molar-refractivity contribution in [2.24, 2.45) is 0 Å². The SMILES string of the molecule is O=C1COCCN1CCN1CCC(N(c2cc(C(F)(F)F)ncn2)C2CC2)CC1. The molecule has 1 amide bonds. The molecule has 160 valence electrons. The van der Waals surface area contributed by atoms with Gasteiger partial charge in [0.25, 0.3) is 0 Å². The van der Waals surface area contributed by atoms with Crippen molar-refractivity contribution in [3.05, 3.63) is 18.1 Å². The topological polar surface area (TPSA) is 61.8 Å². The second-order valence-corrected chi connectivity index (χ2v) is 7.90. The van der Waals surface area contributed by atoms with E-state index >= 15 is 0 Å². The number of ether oxygens (including phenoxy) is 1. The summed E-state index contributed by atoms with van der Waals surface area (Å²) in [7, 11) is 0. The van der Waals surface area contributed by atoms with Crippen LogP contribution < -0.4 is 4.90 Å². The van der Waals surface area contributed by atoms with Crippen molar-refractivity contribution in [2.75, 3.05) is 50.8 Å². The first kappa shape index (κ1) is 20.3. The van der Waals surface area contributed by atoms with Gasteiger partial charge >= 0.3 is 6.18 Å². The fourth-order valence-corrected chi connectivity index (χ4v) is 4.14. The quantitative estimate of drug-likeness (QED) is 0.709. The van der Waals surface area contributed by atoms with Crippen LogP contribution in [0.25, 0.3) is 0 Å². The second-order valence-electron chi connectivity index (χ2n) is 7.90. The average molecular weight is 413 g/mol. The van der Waals surface area contributed by atoms with Crippen molar-refractivity contribution in [3.8, 4) is 0 Å². The Labute approximate surface area is 167 Å². The van der Waals surface area contributed by atoms with Gasteiger partial charge in [0.1, 0.15) is 24.4 Å². The molecule has 0 N–H and O–H groups in total. The van der Waals surface area contributed by atoms with Crippen LogP contribution in [0.15, 0.2) is 12.4 Å². The van der Waals surface area contributed by atoms with Gasteiger partial charge in [-0.25, -0.2) is 9.97 Å². The maximum absolute atomic E-state index is 13.1. The number of amides is 1. The highest BCUT2D eigenvalue weighted by molar-refractivity contribution is 5.77. The van der Waals surface area contributed by atoms with E-state index in [2.05, 4.69) is 19.8 Å². The summed E-state index contributed by atoms with van der Waals surface area (Å²) >= 11 is 0. The predicted molar refractivity (Wildman–Crippen MR) is 99.4 cm³/mol. The van der Waals surface area contributed by atoms with Gasteiger partial charge in [-0.2, -0.15) is 13.2 Å². The Hall–Kier alpha value is -1.94. The lowest BCUT2D eigenvalue weighted by Gasteiger charge is -2.40. The first-order valence-electron chi connectivity index (χ1n) is 10.2. The number of likely N-dealkylation sites (tertiary alicyclic amines) is 1. The van der Waals surface area contributed by atoms with Crippen molar-refractivity contribution in [2.45, 2.75) is 43.9 Å². The van der Waals surface area contributed by atoms with Gasteiger partial charge in [0.05, 0.1) is 6.61 Å². The molecule has 3 fully saturated rings. The van der Waals surface area contributed by atoms with Gasteiger partial charge in [0.2, 0.25) is 5.91 Å². The number of hydrogen-bond donors (Lipinski definition) is 0. The molecule has 0 atom stereocenters. The summed E-state index contributed by atoms with van der Waals surface area (Å²) in [5, 5.41) is 0. The number of aromatic nitrogens is 2. The smallest absolute Gasteiger partial charge is 0.370 e. The summed E-state index contributed by atoms with van der Waals surface area (Å²) in [5.41, 5.74) is -0.888. The maximum Gasteiger partial charge on any atom is 0.433 e. The summed E-state index contributed by atoms with van der Waals surface area (Å²) < 4.78 is 44.3. The van der Waals surface area contributed by atoms with Crippen LogP contribution in [0.4, 0.5) is 19.0 Å². The second kappa shape index (κ2) is 8.43. The first-order valence-corrected chi connectivity index (χ1v) is 10.2. The van der Waals surface area contributed by atoms with E-state index < -0.39 is 11.9 Å². The van der Waals surface area contributed by atoms with Gasteiger partial charge in [-0.05, 0) is 25.7 Å². The standard InChI is InChI=1S/C19H26F3N5O2/c20-19(21,22)16-11-17(24-13-23-16)27(14-1-2-14)15-3-5-25(6-4-15)7-8-26-9-10-29-12-18(26)28/h11,13-15H,1-10,12H2. The Morgan fingerprint density at radius 2 is 1.79 bits per heavy atom. The molecule has 4 rings (SSSR count). The van der Waals surface area contributed by atoms with E-state index in [0.717, 1.165) is 57.7 Å². The van der Waals surface area contributed by atoms with Gasteiger partial charge < -0.3 is 19.4 Å². The lowest BCUT2D eigenvalue weighted by atomic mass is 10.0. The Balaban J connectivity index is 1.34. The molecule has 2 saturated heterocycles. The van der Waals surface area contributed by atoms with Gasteiger partial charge in [-0.15, -0.1) is 0 Å². The first-order chi connectivity index (χ1) is 13.9. The third kappa shape index (κ3) is 4.98. The minimum Gasteiger partial charge on any atom is -0.370 e. The molecule has 0 spiro atoms. The lowest BCUT2D eigenvalue weighted by molar-refractivity contribution is -0.143. The van der Waals surface area contributed by atoms with E-state index in [0.29, 0.717) is 25.5 Å². The molecule has 1 aromatic heterocycles. The molecule has 1 aliphatic carbocycles. The van der Waals surface area contributed by atoms with Crippen LogP contribution >= 0.6 is 0 Å². The third-order valence-electron chi connectivity index (χ3n) is 5.87. The van der Waals surface area contributed by atoms with Crippen LogP contribution in [0.3, 0.4) is 0 Å². The molecule has 3 aliphatic rings. The Bertz CT molecular complexity index is 720. The highest BCUT2D eigenvalue weighted by atomic mass is 19.4. The number of morpholine rings is 1. The van der Waals surface area contributed by atoms with Crippen LogP contribution in [0, 0.1) is 0 Å². The van der Waals surface area contributed by atoms with E-state index in [1.165, 1.54) is 0 Å². The summed E-state index contributed by atoms with van der Waals surface area (Å²) in [6.07, 6.45) is 0.280. The zero-order valence-corrected chi connectivity index (χ0v) is 16.3. The van der Waals surface area contributed by atoms with E-state index in [9.17, 15) is 18.0 Å². The zero-order valence-electron chi connectivity index (χ0n) is 16.3. The third-order valence-corrected chi connectivity index (χ3v) is 5.87. The zero-order chi connectivity index (χ0) is 20.4. The van der Waals surface area contributed by atoms with E-state index in [-0.39, 0.29) is 24.6 Å². The van der Waals surface area contributed by atoms with Crippen LogP contribution in [-0.2, 0) is 15.7 Å². The Kier molecular flexibility index (Phi) is 5.91. The molecule has 7 nitrogen and oxygen atoms in total. The Morgan fingerprint density at radius 3 is 2.45 bits per heavy atom. The fourth-order valence-electron chi connectivity index (χ4n) is 4.14. The number of halogens is 3. The van der Waals surface area contributed by atoms with Crippen LogP contribution in [0.1, 0.15) is 31.4 Å². The van der Waals surface area contributed by atoms with Crippen LogP contribution in [0.5, 0.6) is 0 Å². The van der Waals surface area contributed by atoms with Crippen LogP contribution in [-0.4, -0.2) is 83.7 Å². The highest BCUT2D eigenvalue weighted by Crippen LogP contribution is 2.37. The average Bonchev–Trinajstić information content (AvgIpc) is 3.53. The fraction of sp³-hybridized carbons (Fsp3) is 0.737. The summed E-state index contributed by atoms with van der Waals surface area (Å²) in [6.45, 7) is 4.63. The van der Waals surface area contributed by atoms with E-state index in [4.69, 9.17) is 4.74 Å². The molecule has 10 heteroatoms. The molecular weight excluding hydrogens is 387 g/mol. The van der Waals surface area contributed by atoms with Gasteiger partial charge in [-0.3, -0.25) is 4.79 Å².